The first kappa shape index (κ1) is 36.4. The summed E-state index contributed by atoms with van der Waals surface area (Å²) in [7, 11) is 0. The molecule has 0 amide bonds. The van der Waals surface area contributed by atoms with Crippen LogP contribution in [0.4, 0.5) is 0 Å². The maximum absolute atomic E-state index is 12.0. The molecule has 0 radical (unpaired) electrons. The number of aliphatic carboxylic acids is 1. The number of carboxylic acid groups (broad SMARTS) is 1. The van der Waals surface area contributed by atoms with Crippen LogP contribution in [0.1, 0.15) is 167 Å². The van der Waals surface area contributed by atoms with Gasteiger partial charge in [0.1, 0.15) is 6.61 Å². The summed E-state index contributed by atoms with van der Waals surface area (Å²) in [4.78, 5) is 23.0. The minimum Gasteiger partial charge on any atom is -0.481 e. The number of carbonyl (C=O) groups is 2. The summed E-state index contributed by atoms with van der Waals surface area (Å²) < 4.78 is 5.04. The summed E-state index contributed by atoms with van der Waals surface area (Å²) in [6.07, 6.45) is 37.1. The highest BCUT2D eigenvalue weighted by atomic mass is 16.5. The molecule has 0 fully saturated rings. The minimum absolute atomic E-state index is 0.144. The molecule has 0 aromatic rings. The van der Waals surface area contributed by atoms with Crippen LogP contribution in [0.15, 0.2) is 24.8 Å². The maximum Gasteiger partial charge on any atom is 0.309 e. The Bertz CT molecular complexity index is 569. The van der Waals surface area contributed by atoms with Gasteiger partial charge in [-0.2, -0.15) is 0 Å². The third-order valence-electron chi connectivity index (χ3n) is 7.41. The number of unbranched alkanes of at least 4 members (excludes halogenated alkanes) is 21. The van der Waals surface area contributed by atoms with Gasteiger partial charge in [0.15, 0.2) is 0 Å². The van der Waals surface area contributed by atoms with E-state index in [0.29, 0.717) is 6.42 Å². The van der Waals surface area contributed by atoms with E-state index < -0.39 is 17.9 Å². The topological polar surface area (TPSA) is 63.6 Å². The first-order valence-corrected chi connectivity index (χ1v) is 16.3. The number of ether oxygens (including phenoxy) is 1. The summed E-state index contributed by atoms with van der Waals surface area (Å²) in [5.74, 6) is -1.89. The molecule has 1 unspecified atom stereocenters. The number of carboxylic acids is 1. The standard InChI is InChI=1S/C34H62O4/c1-3-5-6-7-8-9-10-11-12-13-14-15-16-17-18-19-20-21-22-23-24-25-26-27-28-29-32(31-33(35)36)34(37)38-30-4-2/h4,17-18,32H,2-3,5-16,19-31H2,1H3,(H,35,36)/b18-17+. The lowest BCUT2D eigenvalue weighted by atomic mass is 9.97. The van der Waals surface area contributed by atoms with Crippen molar-refractivity contribution in [2.24, 2.45) is 5.92 Å². The zero-order valence-corrected chi connectivity index (χ0v) is 25.1. The summed E-state index contributed by atoms with van der Waals surface area (Å²) in [5.41, 5.74) is 0. The fraction of sp³-hybridized carbons (Fsp3) is 0.824. The van der Waals surface area contributed by atoms with Crippen molar-refractivity contribution in [3.8, 4) is 0 Å². The number of rotatable bonds is 30. The van der Waals surface area contributed by atoms with E-state index >= 15 is 0 Å². The van der Waals surface area contributed by atoms with E-state index in [1.165, 1.54) is 134 Å². The van der Waals surface area contributed by atoms with Gasteiger partial charge < -0.3 is 9.84 Å². The predicted molar refractivity (Wildman–Crippen MR) is 163 cm³/mol. The molecule has 0 heterocycles. The molecule has 0 saturated carbocycles. The van der Waals surface area contributed by atoms with Gasteiger partial charge in [-0.1, -0.05) is 154 Å². The van der Waals surface area contributed by atoms with Gasteiger partial charge in [-0.05, 0) is 32.1 Å². The molecule has 4 heteroatoms. The number of carbonyl (C=O) groups excluding carboxylic acids is 1. The van der Waals surface area contributed by atoms with Crippen LogP contribution in [-0.2, 0) is 14.3 Å². The van der Waals surface area contributed by atoms with Crippen molar-refractivity contribution >= 4 is 11.9 Å². The zero-order valence-electron chi connectivity index (χ0n) is 25.1. The van der Waals surface area contributed by atoms with Gasteiger partial charge in [0.25, 0.3) is 0 Å². The molecule has 0 aromatic carbocycles. The van der Waals surface area contributed by atoms with Crippen molar-refractivity contribution in [2.75, 3.05) is 6.61 Å². The SMILES string of the molecule is C=CCOC(=O)C(CCCCCCCCCCC/C=C/CCCCCCCCCCCCCC)CC(=O)O. The van der Waals surface area contributed by atoms with Crippen molar-refractivity contribution in [1.29, 1.82) is 0 Å². The smallest absolute Gasteiger partial charge is 0.309 e. The fourth-order valence-corrected chi connectivity index (χ4v) is 5.00. The second-order valence-corrected chi connectivity index (χ2v) is 11.1. The van der Waals surface area contributed by atoms with Gasteiger partial charge in [-0.3, -0.25) is 9.59 Å². The minimum atomic E-state index is -0.944. The van der Waals surface area contributed by atoms with Gasteiger partial charge in [0, 0.05) is 0 Å². The summed E-state index contributed by atoms with van der Waals surface area (Å²) in [5, 5.41) is 9.02. The van der Waals surface area contributed by atoms with E-state index in [1.54, 1.807) is 0 Å². The lowest BCUT2D eigenvalue weighted by molar-refractivity contribution is -0.152. The number of esters is 1. The highest BCUT2D eigenvalue weighted by Crippen LogP contribution is 2.18. The monoisotopic (exact) mass is 534 g/mol. The van der Waals surface area contributed by atoms with Crippen LogP contribution < -0.4 is 0 Å². The highest BCUT2D eigenvalue weighted by Gasteiger charge is 2.22. The number of hydrogen-bond donors (Lipinski definition) is 1. The summed E-state index contributed by atoms with van der Waals surface area (Å²) in [6.45, 7) is 5.95. The van der Waals surface area contributed by atoms with E-state index in [0.717, 1.165) is 19.3 Å². The first-order valence-electron chi connectivity index (χ1n) is 16.3. The van der Waals surface area contributed by atoms with Gasteiger partial charge >= 0.3 is 11.9 Å². The number of hydrogen-bond acceptors (Lipinski definition) is 3. The van der Waals surface area contributed by atoms with Crippen LogP contribution in [0.2, 0.25) is 0 Å². The maximum atomic E-state index is 12.0. The van der Waals surface area contributed by atoms with Crippen LogP contribution in [0.3, 0.4) is 0 Å². The van der Waals surface area contributed by atoms with Crippen molar-refractivity contribution in [3.63, 3.8) is 0 Å². The Hall–Kier alpha value is -1.58. The van der Waals surface area contributed by atoms with Crippen LogP contribution in [0.25, 0.3) is 0 Å². The van der Waals surface area contributed by atoms with Crippen molar-refractivity contribution in [1.82, 2.24) is 0 Å². The molecule has 0 bridgehead atoms. The molecular formula is C34H62O4. The molecule has 4 nitrogen and oxygen atoms in total. The van der Waals surface area contributed by atoms with Gasteiger partial charge in [-0.25, -0.2) is 0 Å². The van der Waals surface area contributed by atoms with E-state index in [4.69, 9.17) is 9.84 Å². The Morgan fingerprint density at radius 1 is 0.658 bits per heavy atom. The molecule has 38 heavy (non-hydrogen) atoms. The molecule has 0 spiro atoms. The molecule has 0 aliphatic heterocycles. The Morgan fingerprint density at radius 3 is 1.45 bits per heavy atom. The van der Waals surface area contributed by atoms with Gasteiger partial charge in [0.05, 0.1) is 12.3 Å². The Kier molecular flexibility index (Phi) is 28.7. The highest BCUT2D eigenvalue weighted by molar-refractivity contribution is 5.79. The van der Waals surface area contributed by atoms with Crippen molar-refractivity contribution in [3.05, 3.63) is 24.8 Å². The average Bonchev–Trinajstić information content (AvgIpc) is 2.90. The van der Waals surface area contributed by atoms with Crippen molar-refractivity contribution < 1.29 is 19.4 Å². The van der Waals surface area contributed by atoms with E-state index in [-0.39, 0.29) is 13.0 Å². The van der Waals surface area contributed by atoms with Crippen LogP contribution in [0.5, 0.6) is 0 Å². The number of allylic oxidation sites excluding steroid dienone is 2. The third kappa shape index (κ3) is 27.5. The van der Waals surface area contributed by atoms with E-state index in [2.05, 4.69) is 25.7 Å². The van der Waals surface area contributed by atoms with Crippen LogP contribution >= 0.6 is 0 Å². The lowest BCUT2D eigenvalue weighted by Crippen LogP contribution is -2.21. The molecule has 222 valence electrons. The average molecular weight is 535 g/mol. The zero-order chi connectivity index (χ0) is 27.9. The van der Waals surface area contributed by atoms with Crippen molar-refractivity contribution in [2.45, 2.75) is 167 Å². The van der Waals surface area contributed by atoms with Gasteiger partial charge in [0.2, 0.25) is 0 Å². The molecule has 1 atom stereocenters. The van der Waals surface area contributed by atoms with Crippen LogP contribution in [-0.4, -0.2) is 23.7 Å². The largest absolute Gasteiger partial charge is 0.481 e. The summed E-state index contributed by atoms with van der Waals surface area (Å²) in [6, 6.07) is 0. The molecule has 1 N–H and O–H groups in total. The Morgan fingerprint density at radius 2 is 1.05 bits per heavy atom. The second kappa shape index (κ2) is 30.0. The van der Waals surface area contributed by atoms with Gasteiger partial charge in [-0.15, -0.1) is 0 Å². The normalized spacial score (nSPS) is 12.1. The quantitative estimate of drug-likeness (QED) is 0.0565. The first-order chi connectivity index (χ1) is 18.6. The molecular weight excluding hydrogens is 472 g/mol. The fourth-order valence-electron chi connectivity index (χ4n) is 5.00. The predicted octanol–water partition coefficient (Wildman–Crippen LogP) is 10.7. The third-order valence-corrected chi connectivity index (χ3v) is 7.41. The molecule has 0 aliphatic rings. The molecule has 0 aliphatic carbocycles. The Labute approximate surface area is 236 Å². The van der Waals surface area contributed by atoms with Crippen LogP contribution in [0, 0.1) is 5.92 Å². The van der Waals surface area contributed by atoms with E-state index in [9.17, 15) is 9.59 Å². The molecule has 0 aromatic heterocycles. The Balaban J connectivity index is 3.39. The molecule has 0 rings (SSSR count). The summed E-state index contributed by atoms with van der Waals surface area (Å²) >= 11 is 0. The second-order valence-electron chi connectivity index (χ2n) is 11.1. The lowest BCUT2D eigenvalue weighted by Gasteiger charge is -2.13. The van der Waals surface area contributed by atoms with E-state index in [1.807, 2.05) is 0 Å². The molecule has 0 saturated heterocycles.